The summed E-state index contributed by atoms with van der Waals surface area (Å²) in [6.45, 7) is 20.7. The molecule has 0 amide bonds. The number of carbonyl (C=O) groups excluding carboxylic acids is 1. The van der Waals surface area contributed by atoms with Gasteiger partial charge in [-0.05, 0) is 176 Å². The molecule has 81 heavy (non-hydrogen) atoms. The van der Waals surface area contributed by atoms with Crippen LogP contribution in [0.2, 0.25) is 0 Å². The van der Waals surface area contributed by atoms with E-state index >= 15 is 0 Å². The number of rotatable bonds is 9. The summed E-state index contributed by atoms with van der Waals surface area (Å²) in [5.74, 6) is 2.29. The van der Waals surface area contributed by atoms with E-state index in [-0.39, 0.29) is 5.92 Å². The highest BCUT2D eigenvalue weighted by molar-refractivity contribution is 5.88. The third kappa shape index (κ3) is 9.69. The summed E-state index contributed by atoms with van der Waals surface area (Å²) in [6.07, 6.45) is 0.865. The number of fused-ring (bicyclic) bond motifs is 6. The van der Waals surface area contributed by atoms with Crippen molar-refractivity contribution in [2.75, 3.05) is 0 Å². The van der Waals surface area contributed by atoms with Gasteiger partial charge in [-0.3, -0.25) is 4.79 Å². The molecule has 0 fully saturated rings. The van der Waals surface area contributed by atoms with E-state index < -0.39 is 10.8 Å². The number of hydrogen-bond acceptors (Lipinski definition) is 5. The summed E-state index contributed by atoms with van der Waals surface area (Å²) in [6, 6.07) is 71.3. The Hall–Kier alpha value is -8.93. The molecule has 0 radical (unpaired) electrons. The summed E-state index contributed by atoms with van der Waals surface area (Å²) in [5, 5.41) is 42.6. The van der Waals surface area contributed by atoms with Crippen molar-refractivity contribution >= 4 is 6.29 Å². The van der Waals surface area contributed by atoms with Gasteiger partial charge >= 0.3 is 0 Å². The molecule has 4 N–H and O–H groups in total. The largest absolute Gasteiger partial charge is 0.508 e. The topological polar surface area (TPSA) is 98.0 Å². The van der Waals surface area contributed by atoms with E-state index in [1.54, 1.807) is 12.1 Å². The molecule has 2 aliphatic rings. The Morgan fingerprint density at radius 3 is 1.04 bits per heavy atom. The monoisotopic (exact) mass is 1060 g/mol. The lowest BCUT2D eigenvalue weighted by molar-refractivity contribution is 0.112. The average molecular weight is 1070 g/mol. The molecular weight excluding hydrogens is 993 g/mol. The second-order valence-corrected chi connectivity index (χ2v) is 22.9. The molecule has 0 spiro atoms. The zero-order chi connectivity index (χ0) is 57.5. The fourth-order valence-corrected chi connectivity index (χ4v) is 12.7. The minimum Gasteiger partial charge on any atom is -0.508 e. The van der Waals surface area contributed by atoms with Gasteiger partial charge in [0, 0.05) is 17.0 Å². The van der Waals surface area contributed by atoms with Crippen LogP contribution in [0.5, 0.6) is 23.0 Å². The molecule has 0 aromatic heterocycles. The van der Waals surface area contributed by atoms with Crippen LogP contribution in [0.15, 0.2) is 206 Å². The Bertz CT molecular complexity index is 3810. The van der Waals surface area contributed by atoms with Gasteiger partial charge in [-0.1, -0.05) is 223 Å². The van der Waals surface area contributed by atoms with Crippen LogP contribution in [0.1, 0.15) is 157 Å². The first-order chi connectivity index (χ1) is 38.9. The lowest BCUT2D eigenvalue weighted by atomic mass is 9.66. The molecule has 10 aromatic carbocycles. The molecule has 0 heterocycles. The van der Waals surface area contributed by atoms with Crippen LogP contribution in [-0.4, -0.2) is 26.7 Å². The molecule has 10 aromatic rings. The third-order valence-electron chi connectivity index (χ3n) is 17.2. The Morgan fingerprint density at radius 2 is 0.667 bits per heavy atom. The highest BCUT2D eigenvalue weighted by Crippen LogP contribution is 2.59. The van der Waals surface area contributed by atoms with Crippen LogP contribution in [0.4, 0.5) is 0 Å². The summed E-state index contributed by atoms with van der Waals surface area (Å²) in [4.78, 5) is 10.3. The maximum absolute atomic E-state index is 11.5. The summed E-state index contributed by atoms with van der Waals surface area (Å²) >= 11 is 0. The predicted octanol–water partition coefficient (Wildman–Crippen LogP) is 18.4. The van der Waals surface area contributed by atoms with Crippen molar-refractivity contribution in [2.24, 2.45) is 0 Å². The first-order valence-electron chi connectivity index (χ1n) is 28.2. The maximum Gasteiger partial charge on any atom is 0.150 e. The van der Waals surface area contributed by atoms with Gasteiger partial charge in [-0.25, -0.2) is 0 Å². The number of carbonyl (C=O) groups is 1. The molecule has 0 saturated heterocycles. The van der Waals surface area contributed by atoms with E-state index in [2.05, 4.69) is 192 Å². The highest BCUT2D eigenvalue weighted by Gasteiger charge is 2.48. The second-order valence-electron chi connectivity index (χ2n) is 22.9. The van der Waals surface area contributed by atoms with Crippen LogP contribution in [0.25, 0.3) is 22.3 Å². The van der Waals surface area contributed by atoms with E-state index in [1.165, 1.54) is 61.2 Å². The Labute approximate surface area is 478 Å². The van der Waals surface area contributed by atoms with Gasteiger partial charge in [0.15, 0.2) is 0 Å². The molecule has 0 saturated carbocycles. The fourth-order valence-electron chi connectivity index (χ4n) is 12.7. The van der Waals surface area contributed by atoms with Crippen molar-refractivity contribution in [1.82, 2.24) is 0 Å². The summed E-state index contributed by atoms with van der Waals surface area (Å²) in [7, 11) is 0. The van der Waals surface area contributed by atoms with Crippen LogP contribution >= 0.6 is 0 Å². The molecule has 12 rings (SSSR count). The van der Waals surface area contributed by atoms with Gasteiger partial charge in [-0.15, -0.1) is 0 Å². The molecule has 5 heteroatoms. The zero-order valence-corrected chi connectivity index (χ0v) is 48.1. The second kappa shape index (κ2) is 22.3. The van der Waals surface area contributed by atoms with Gasteiger partial charge in [0.05, 0.1) is 10.8 Å². The molecule has 406 valence electrons. The van der Waals surface area contributed by atoms with Gasteiger partial charge < -0.3 is 20.4 Å². The normalized spacial score (nSPS) is 13.4. The van der Waals surface area contributed by atoms with E-state index in [4.69, 9.17) is 0 Å². The number of aryl methyl sites for hydroxylation is 5. The van der Waals surface area contributed by atoms with Crippen molar-refractivity contribution in [3.05, 3.63) is 306 Å². The quantitative estimate of drug-likeness (QED) is 0.108. The molecule has 5 nitrogen and oxygen atoms in total. The van der Waals surface area contributed by atoms with Crippen LogP contribution in [0, 0.1) is 34.6 Å². The molecule has 0 bridgehead atoms. The van der Waals surface area contributed by atoms with E-state index in [0.717, 1.165) is 67.5 Å². The number of phenolic OH excluding ortho intramolecular Hbond substituents is 4. The standard InChI is InChI=1S/C39H38O2.C27H22O2.C10H12O/c1-23(2)28-15-17-29(18-16-28)27(6)34-22-31(21-26(5)38(34)41)39(30-19-24(3)37(40)25(4)20-30)35-13-9-7-11-32(35)33-12-8-10-14-36(33)39;1-17-15-19(11-13-25(17)28)27(20-12-14-26(29)18(2)16-20)23-9-5-3-7-21(23)22-8-4-6-10-24(22)27;1-8(2)10-5-3-9(7-11)4-6-10/h7-23,27,40-41H,1-6H3;3-16,28-29H,1-2H3;3-8H,1-2H3. The summed E-state index contributed by atoms with van der Waals surface area (Å²) in [5.41, 5.74) is 22.8. The first kappa shape index (κ1) is 55.4. The SMILES string of the molecule is CC(C)c1ccc(C=O)cc1.Cc1cc(C2(c3cc(C)c(O)c(C(C)c4ccc(C(C)C)cc4)c3)c3ccccc3-c3ccccc32)cc(C)c1O.Cc1cc(C2(c3ccc(O)c(C)c3)c3ccccc3-c3ccccc32)ccc1O. The van der Waals surface area contributed by atoms with E-state index in [9.17, 15) is 25.2 Å². The van der Waals surface area contributed by atoms with Crippen LogP contribution < -0.4 is 0 Å². The maximum atomic E-state index is 11.5. The molecule has 2 aliphatic carbocycles. The van der Waals surface area contributed by atoms with Gasteiger partial charge in [0.2, 0.25) is 0 Å². The first-order valence-corrected chi connectivity index (χ1v) is 28.2. The van der Waals surface area contributed by atoms with Gasteiger partial charge in [0.25, 0.3) is 0 Å². The van der Waals surface area contributed by atoms with Crippen LogP contribution in [0.3, 0.4) is 0 Å². The van der Waals surface area contributed by atoms with Crippen molar-refractivity contribution in [3.63, 3.8) is 0 Å². The molecule has 0 aliphatic heterocycles. The minimum atomic E-state index is -0.606. The number of benzene rings is 10. The lowest BCUT2D eigenvalue weighted by Gasteiger charge is -2.35. The van der Waals surface area contributed by atoms with Crippen molar-refractivity contribution in [2.45, 2.75) is 97.8 Å². The van der Waals surface area contributed by atoms with Crippen molar-refractivity contribution in [3.8, 4) is 45.3 Å². The number of hydrogen-bond donors (Lipinski definition) is 4. The molecular formula is C76H72O5. The lowest BCUT2D eigenvalue weighted by Crippen LogP contribution is -2.29. The smallest absolute Gasteiger partial charge is 0.150 e. The van der Waals surface area contributed by atoms with Crippen molar-refractivity contribution in [1.29, 1.82) is 0 Å². The number of aromatic hydroxyl groups is 4. The predicted molar refractivity (Wildman–Crippen MR) is 332 cm³/mol. The zero-order valence-electron chi connectivity index (χ0n) is 48.1. The Kier molecular flexibility index (Phi) is 15.3. The van der Waals surface area contributed by atoms with Crippen molar-refractivity contribution < 1.29 is 25.2 Å². The molecule has 1 atom stereocenters. The Morgan fingerprint density at radius 1 is 0.346 bits per heavy atom. The summed E-state index contributed by atoms with van der Waals surface area (Å²) < 4.78 is 0. The number of aldehydes is 1. The van der Waals surface area contributed by atoms with Gasteiger partial charge in [0.1, 0.15) is 29.3 Å². The van der Waals surface area contributed by atoms with Gasteiger partial charge in [-0.2, -0.15) is 0 Å². The van der Waals surface area contributed by atoms with Crippen LogP contribution in [-0.2, 0) is 10.8 Å². The van der Waals surface area contributed by atoms with E-state index in [1.807, 2.05) is 71.0 Å². The fraction of sp³-hybridized carbons (Fsp3) is 0.197. The van der Waals surface area contributed by atoms with E-state index in [0.29, 0.717) is 34.8 Å². The number of phenols is 4. The third-order valence-corrected chi connectivity index (χ3v) is 17.2. The highest BCUT2D eigenvalue weighted by atomic mass is 16.3. The Balaban J connectivity index is 0.000000159. The minimum absolute atomic E-state index is 0.00194. The molecule has 1 unspecified atom stereocenters. The average Bonchev–Trinajstić information content (AvgIpc) is 3.14.